The summed E-state index contributed by atoms with van der Waals surface area (Å²) in [7, 11) is 1.86. The number of fused-ring (bicyclic) bond motifs is 1. The maximum absolute atomic E-state index is 14.0. The summed E-state index contributed by atoms with van der Waals surface area (Å²) >= 11 is 1.60. The number of carbonyl (C=O) groups is 1. The zero-order valence-corrected chi connectivity index (χ0v) is 16.7. The van der Waals surface area contributed by atoms with Gasteiger partial charge in [0.2, 0.25) is 0 Å². The van der Waals surface area contributed by atoms with Gasteiger partial charge in [-0.3, -0.25) is 9.48 Å². The molecular weight excluding hydrogens is 410 g/mol. The Labute approximate surface area is 174 Å². The molecule has 152 valence electrons. The summed E-state index contributed by atoms with van der Waals surface area (Å²) in [6, 6.07) is 4.54. The highest BCUT2D eigenvalue weighted by atomic mass is 32.1. The van der Waals surface area contributed by atoms with Crippen LogP contribution in [0.3, 0.4) is 0 Å². The molecule has 9 heteroatoms. The van der Waals surface area contributed by atoms with Crippen molar-refractivity contribution in [3.63, 3.8) is 0 Å². The van der Waals surface area contributed by atoms with Crippen molar-refractivity contribution in [1.29, 1.82) is 0 Å². The molecule has 0 aliphatic carbocycles. The summed E-state index contributed by atoms with van der Waals surface area (Å²) in [5, 5.41) is 12.2. The molecule has 0 bridgehead atoms. The van der Waals surface area contributed by atoms with Crippen LogP contribution in [0.5, 0.6) is 0 Å². The fourth-order valence-corrected chi connectivity index (χ4v) is 4.68. The summed E-state index contributed by atoms with van der Waals surface area (Å²) in [6.45, 7) is 0.933. The van der Waals surface area contributed by atoms with Crippen molar-refractivity contribution in [1.82, 2.24) is 19.8 Å². The number of nitrogens with zero attached hydrogens (tertiary/aromatic N) is 4. The van der Waals surface area contributed by atoms with Crippen LogP contribution in [0.25, 0.3) is 11.3 Å². The van der Waals surface area contributed by atoms with Gasteiger partial charge in [-0.1, -0.05) is 5.16 Å². The molecule has 6 nitrogen and oxygen atoms in total. The minimum absolute atomic E-state index is 0.0126. The van der Waals surface area contributed by atoms with Crippen LogP contribution in [-0.4, -0.2) is 32.3 Å². The number of benzene rings is 1. The zero-order valence-electron chi connectivity index (χ0n) is 15.9. The Kier molecular flexibility index (Phi) is 4.47. The van der Waals surface area contributed by atoms with Gasteiger partial charge in [-0.15, -0.1) is 0 Å². The molecule has 1 unspecified atom stereocenters. The Bertz CT molecular complexity index is 1250. The Morgan fingerprint density at radius 2 is 2.13 bits per heavy atom. The number of hydrogen-bond donors (Lipinski definition) is 0. The molecule has 3 aromatic heterocycles. The Morgan fingerprint density at radius 3 is 2.90 bits per heavy atom. The monoisotopic (exact) mass is 426 g/mol. The van der Waals surface area contributed by atoms with Gasteiger partial charge in [-0.05, 0) is 39.6 Å². The highest BCUT2D eigenvalue weighted by Gasteiger charge is 2.32. The number of aryl methyl sites for hydroxylation is 1. The number of aromatic nitrogens is 3. The molecule has 30 heavy (non-hydrogen) atoms. The van der Waals surface area contributed by atoms with Gasteiger partial charge in [0, 0.05) is 44.4 Å². The molecule has 1 amide bonds. The second-order valence-electron chi connectivity index (χ2n) is 7.24. The number of carbonyl (C=O) groups excluding carboxylic acids is 1. The third-order valence-corrected chi connectivity index (χ3v) is 6.07. The van der Waals surface area contributed by atoms with Gasteiger partial charge in [-0.2, -0.15) is 16.4 Å². The SMILES string of the molecule is Cn1cc(C2CN(C(=O)c3cc(-c4ccc(F)cc4F)on3)Cc3cscc32)cn1. The highest BCUT2D eigenvalue weighted by molar-refractivity contribution is 7.08. The maximum atomic E-state index is 14.0. The van der Waals surface area contributed by atoms with Crippen molar-refractivity contribution in [3.05, 3.63) is 81.4 Å². The van der Waals surface area contributed by atoms with Gasteiger partial charge < -0.3 is 9.42 Å². The first kappa shape index (κ1) is 18.7. The van der Waals surface area contributed by atoms with Crippen molar-refractivity contribution in [2.45, 2.75) is 12.5 Å². The van der Waals surface area contributed by atoms with Gasteiger partial charge in [-0.25, -0.2) is 8.78 Å². The fourth-order valence-electron chi connectivity index (χ4n) is 3.77. The molecule has 0 saturated heterocycles. The molecule has 0 N–H and O–H groups in total. The van der Waals surface area contributed by atoms with E-state index in [9.17, 15) is 13.6 Å². The van der Waals surface area contributed by atoms with Crippen molar-refractivity contribution in [3.8, 4) is 11.3 Å². The number of amides is 1. The van der Waals surface area contributed by atoms with Crippen LogP contribution in [0.15, 0.2) is 51.9 Å². The quantitative estimate of drug-likeness (QED) is 0.493. The third kappa shape index (κ3) is 3.21. The lowest BCUT2D eigenvalue weighted by atomic mass is 9.89. The van der Waals surface area contributed by atoms with E-state index in [1.807, 2.05) is 24.8 Å². The first-order valence-corrected chi connectivity index (χ1v) is 10.2. The molecule has 0 spiro atoms. The lowest BCUT2D eigenvalue weighted by molar-refractivity contribution is 0.0715. The van der Waals surface area contributed by atoms with E-state index in [0.717, 1.165) is 23.3 Å². The smallest absolute Gasteiger partial charge is 0.276 e. The summed E-state index contributed by atoms with van der Waals surface area (Å²) in [5.41, 5.74) is 3.45. The van der Waals surface area contributed by atoms with E-state index in [4.69, 9.17) is 4.52 Å². The largest absolute Gasteiger partial charge is 0.355 e. The molecule has 1 aliphatic rings. The van der Waals surface area contributed by atoms with Gasteiger partial charge in [0.1, 0.15) is 11.6 Å². The molecular formula is C21H16F2N4O2S. The van der Waals surface area contributed by atoms with E-state index in [2.05, 4.69) is 15.6 Å². The van der Waals surface area contributed by atoms with Crippen molar-refractivity contribution < 1.29 is 18.1 Å². The summed E-state index contributed by atoms with van der Waals surface area (Å²) in [5.74, 6) is -1.68. The first-order chi connectivity index (χ1) is 14.5. The van der Waals surface area contributed by atoms with Crippen LogP contribution >= 0.6 is 11.3 Å². The minimum atomic E-state index is -0.775. The Hall–Kier alpha value is -3.33. The number of rotatable bonds is 3. The van der Waals surface area contributed by atoms with Gasteiger partial charge in [0.05, 0.1) is 11.8 Å². The van der Waals surface area contributed by atoms with Crippen molar-refractivity contribution in [2.24, 2.45) is 7.05 Å². The van der Waals surface area contributed by atoms with Crippen molar-refractivity contribution >= 4 is 17.2 Å². The van der Waals surface area contributed by atoms with Crippen LogP contribution in [0.2, 0.25) is 0 Å². The van der Waals surface area contributed by atoms with Crippen LogP contribution in [0, 0.1) is 11.6 Å². The van der Waals surface area contributed by atoms with Gasteiger partial charge in [0.15, 0.2) is 11.5 Å². The molecule has 1 atom stereocenters. The minimum Gasteiger partial charge on any atom is -0.355 e. The Morgan fingerprint density at radius 1 is 1.27 bits per heavy atom. The standard InChI is InChI=1S/C21H16F2N4O2S/c1-26-7-12(6-24-26)16-9-27(8-13-10-30-11-17(13)16)21(28)19-5-20(29-25-19)15-3-2-14(22)4-18(15)23/h2-7,10-11,16H,8-9H2,1H3. The Balaban J connectivity index is 1.44. The third-order valence-electron chi connectivity index (χ3n) is 5.26. The zero-order chi connectivity index (χ0) is 20.8. The lowest BCUT2D eigenvalue weighted by Crippen LogP contribution is -2.38. The number of hydrogen-bond acceptors (Lipinski definition) is 5. The predicted octanol–water partition coefficient (Wildman–Crippen LogP) is 4.20. The lowest BCUT2D eigenvalue weighted by Gasteiger charge is -2.32. The second-order valence-corrected chi connectivity index (χ2v) is 7.98. The average Bonchev–Trinajstić information content (AvgIpc) is 3.47. The van der Waals surface area contributed by atoms with E-state index in [-0.39, 0.29) is 28.8 Å². The van der Waals surface area contributed by atoms with Crippen LogP contribution < -0.4 is 0 Å². The van der Waals surface area contributed by atoms with Crippen molar-refractivity contribution in [2.75, 3.05) is 6.54 Å². The topological polar surface area (TPSA) is 64.2 Å². The molecule has 0 radical (unpaired) electrons. The van der Waals surface area contributed by atoms with E-state index >= 15 is 0 Å². The van der Waals surface area contributed by atoms with E-state index in [1.165, 1.54) is 17.7 Å². The average molecular weight is 426 g/mol. The second kappa shape index (κ2) is 7.17. The van der Waals surface area contributed by atoms with Gasteiger partial charge >= 0.3 is 0 Å². The van der Waals surface area contributed by atoms with Gasteiger partial charge in [0.25, 0.3) is 5.91 Å². The predicted molar refractivity (Wildman–Crippen MR) is 106 cm³/mol. The number of halogens is 2. The van der Waals surface area contributed by atoms with E-state index in [0.29, 0.717) is 13.1 Å². The summed E-state index contributed by atoms with van der Waals surface area (Å²) in [6.07, 6.45) is 3.76. The molecule has 4 aromatic rings. The molecule has 4 heterocycles. The van der Waals surface area contributed by atoms with Crippen LogP contribution in [0.1, 0.15) is 33.1 Å². The molecule has 0 saturated carbocycles. The maximum Gasteiger partial charge on any atom is 0.276 e. The normalized spacial score (nSPS) is 16.0. The summed E-state index contributed by atoms with van der Waals surface area (Å²) in [4.78, 5) is 14.8. The highest BCUT2D eigenvalue weighted by Crippen LogP contribution is 2.36. The van der Waals surface area contributed by atoms with Crippen LogP contribution in [-0.2, 0) is 13.6 Å². The summed E-state index contributed by atoms with van der Waals surface area (Å²) < 4.78 is 34.1. The molecule has 5 rings (SSSR count). The molecule has 1 aliphatic heterocycles. The van der Waals surface area contributed by atoms with E-state index in [1.54, 1.807) is 20.9 Å². The number of thiophene rings is 1. The first-order valence-electron chi connectivity index (χ1n) is 9.24. The van der Waals surface area contributed by atoms with E-state index < -0.39 is 11.6 Å². The van der Waals surface area contributed by atoms with Crippen LogP contribution in [0.4, 0.5) is 8.78 Å². The molecule has 1 aromatic carbocycles. The fraction of sp³-hybridized carbons (Fsp3) is 0.190. The molecule has 0 fully saturated rings.